The Balaban J connectivity index is 1.88. The second kappa shape index (κ2) is 4.24. The summed E-state index contributed by atoms with van der Waals surface area (Å²) in [6.07, 6.45) is 3.82. The van der Waals surface area contributed by atoms with Crippen LogP contribution in [0.2, 0.25) is 0 Å². The van der Waals surface area contributed by atoms with Crippen molar-refractivity contribution in [2.75, 3.05) is 0 Å². The lowest BCUT2D eigenvalue weighted by Gasteiger charge is -2.17. The molecule has 17 heavy (non-hydrogen) atoms. The van der Waals surface area contributed by atoms with E-state index in [0.29, 0.717) is 6.42 Å². The van der Waals surface area contributed by atoms with Gasteiger partial charge in [-0.05, 0) is 44.9 Å². The Labute approximate surface area is 102 Å². The first-order chi connectivity index (χ1) is 7.82. The predicted octanol–water partition coefficient (Wildman–Crippen LogP) is 1.10. The Morgan fingerprint density at radius 1 is 1.41 bits per heavy atom. The zero-order valence-corrected chi connectivity index (χ0v) is 10.8. The number of carboxylic acids is 1. The molecular formula is C11H19NO4S. The first-order valence-electron chi connectivity index (χ1n) is 6.06. The number of sulfonamides is 1. The van der Waals surface area contributed by atoms with Crippen LogP contribution in [0.3, 0.4) is 0 Å². The maximum absolute atomic E-state index is 12.0. The fourth-order valence-electron chi connectivity index (χ4n) is 2.42. The Morgan fingerprint density at radius 3 is 2.59 bits per heavy atom. The van der Waals surface area contributed by atoms with Crippen molar-refractivity contribution in [1.82, 2.24) is 4.72 Å². The largest absolute Gasteiger partial charge is 0.481 e. The SMILES string of the molecule is CC1(S(=O)(=O)N[C@@H]2CC[C@H](CC(=O)O)C2)CC1. The van der Waals surface area contributed by atoms with Crippen molar-refractivity contribution in [2.24, 2.45) is 5.92 Å². The number of carboxylic acid groups (broad SMARTS) is 1. The van der Waals surface area contributed by atoms with Gasteiger partial charge >= 0.3 is 5.97 Å². The first-order valence-corrected chi connectivity index (χ1v) is 7.54. The zero-order chi connectivity index (χ0) is 12.7. The highest BCUT2D eigenvalue weighted by Crippen LogP contribution is 2.43. The normalized spacial score (nSPS) is 31.4. The molecule has 98 valence electrons. The quantitative estimate of drug-likeness (QED) is 0.776. The van der Waals surface area contributed by atoms with E-state index in [4.69, 9.17) is 5.11 Å². The molecule has 0 amide bonds. The van der Waals surface area contributed by atoms with Crippen LogP contribution in [0, 0.1) is 5.92 Å². The summed E-state index contributed by atoms with van der Waals surface area (Å²) in [5, 5.41) is 8.69. The van der Waals surface area contributed by atoms with Crippen molar-refractivity contribution in [2.45, 2.75) is 56.2 Å². The van der Waals surface area contributed by atoms with Crippen LogP contribution in [-0.4, -0.2) is 30.3 Å². The average molecular weight is 261 g/mol. The van der Waals surface area contributed by atoms with Crippen LogP contribution in [0.15, 0.2) is 0 Å². The van der Waals surface area contributed by atoms with E-state index in [1.807, 2.05) is 0 Å². The van der Waals surface area contributed by atoms with Crippen LogP contribution >= 0.6 is 0 Å². The molecule has 0 aliphatic heterocycles. The summed E-state index contributed by atoms with van der Waals surface area (Å²) in [5.74, 6) is -0.681. The summed E-state index contributed by atoms with van der Waals surface area (Å²) in [4.78, 5) is 10.6. The molecule has 2 fully saturated rings. The van der Waals surface area contributed by atoms with E-state index >= 15 is 0 Å². The minimum absolute atomic E-state index is 0.0678. The third kappa shape index (κ3) is 2.80. The molecule has 0 saturated heterocycles. The number of nitrogens with one attached hydrogen (secondary N) is 1. The van der Waals surface area contributed by atoms with Crippen LogP contribution in [0.4, 0.5) is 0 Å². The molecular weight excluding hydrogens is 242 g/mol. The van der Waals surface area contributed by atoms with Crippen molar-refractivity contribution in [3.8, 4) is 0 Å². The van der Waals surface area contributed by atoms with Crippen LogP contribution in [0.1, 0.15) is 45.4 Å². The fraction of sp³-hybridized carbons (Fsp3) is 0.909. The highest BCUT2D eigenvalue weighted by Gasteiger charge is 2.50. The van der Waals surface area contributed by atoms with Gasteiger partial charge in [-0.2, -0.15) is 0 Å². The van der Waals surface area contributed by atoms with E-state index in [0.717, 1.165) is 25.7 Å². The van der Waals surface area contributed by atoms with Crippen molar-refractivity contribution in [3.63, 3.8) is 0 Å². The summed E-state index contributed by atoms with van der Waals surface area (Å²) in [5.41, 5.74) is 0. The van der Waals surface area contributed by atoms with Crippen molar-refractivity contribution >= 4 is 16.0 Å². The lowest BCUT2D eigenvalue weighted by molar-refractivity contribution is -0.138. The standard InChI is InChI=1S/C11H19NO4S/c1-11(4-5-11)17(15,16)12-9-3-2-8(6-9)7-10(13)14/h8-9,12H,2-7H2,1H3,(H,13,14)/t8-,9+/m0/s1. The second-order valence-corrected chi connectivity index (χ2v) is 7.77. The van der Waals surface area contributed by atoms with Gasteiger partial charge in [0.15, 0.2) is 0 Å². The summed E-state index contributed by atoms with van der Waals surface area (Å²) in [6, 6.07) is -0.0678. The number of hydrogen-bond donors (Lipinski definition) is 2. The molecule has 0 unspecified atom stereocenters. The molecule has 0 aromatic rings. The fourth-order valence-corrected chi connectivity index (χ4v) is 4.00. The number of aliphatic carboxylic acids is 1. The molecule has 2 aliphatic carbocycles. The van der Waals surface area contributed by atoms with Gasteiger partial charge in [0, 0.05) is 12.5 Å². The summed E-state index contributed by atoms with van der Waals surface area (Å²) >= 11 is 0. The van der Waals surface area contributed by atoms with Crippen LogP contribution in [0.25, 0.3) is 0 Å². The molecule has 5 nitrogen and oxygen atoms in total. The lowest BCUT2D eigenvalue weighted by Crippen LogP contribution is -2.40. The van der Waals surface area contributed by atoms with E-state index in [1.165, 1.54) is 0 Å². The molecule has 0 radical (unpaired) electrons. The maximum atomic E-state index is 12.0. The van der Waals surface area contributed by atoms with Crippen molar-refractivity contribution in [1.29, 1.82) is 0 Å². The van der Waals surface area contributed by atoms with Gasteiger partial charge in [0.2, 0.25) is 10.0 Å². The molecule has 0 bridgehead atoms. The van der Waals surface area contributed by atoms with Gasteiger partial charge in [0.1, 0.15) is 0 Å². The van der Waals surface area contributed by atoms with Crippen molar-refractivity contribution in [3.05, 3.63) is 0 Å². The van der Waals surface area contributed by atoms with Gasteiger partial charge < -0.3 is 5.11 Å². The predicted molar refractivity (Wildman–Crippen MR) is 63.1 cm³/mol. The zero-order valence-electron chi connectivity index (χ0n) is 9.98. The molecule has 0 heterocycles. The van der Waals surface area contributed by atoms with Crippen LogP contribution < -0.4 is 4.72 Å². The maximum Gasteiger partial charge on any atom is 0.303 e. The van der Waals surface area contributed by atoms with E-state index in [-0.39, 0.29) is 18.4 Å². The summed E-state index contributed by atoms with van der Waals surface area (Å²) in [6.45, 7) is 1.76. The van der Waals surface area contributed by atoms with Crippen molar-refractivity contribution < 1.29 is 18.3 Å². The first kappa shape index (κ1) is 12.8. The second-order valence-electron chi connectivity index (χ2n) is 5.55. The van der Waals surface area contributed by atoms with E-state index in [1.54, 1.807) is 6.92 Å². The van der Waals surface area contributed by atoms with Gasteiger partial charge in [0.05, 0.1) is 4.75 Å². The van der Waals surface area contributed by atoms with Crippen LogP contribution in [0.5, 0.6) is 0 Å². The van der Waals surface area contributed by atoms with Gasteiger partial charge in [-0.3, -0.25) is 4.79 Å². The molecule has 0 spiro atoms. The summed E-state index contributed by atoms with van der Waals surface area (Å²) in [7, 11) is -3.22. The third-order valence-corrected chi connectivity index (χ3v) is 6.28. The highest BCUT2D eigenvalue weighted by atomic mass is 32.2. The van der Waals surface area contributed by atoms with Crippen LogP contribution in [-0.2, 0) is 14.8 Å². The number of rotatable bonds is 5. The molecule has 0 aromatic heterocycles. The number of carbonyl (C=O) groups is 1. The lowest BCUT2D eigenvalue weighted by atomic mass is 10.0. The molecule has 0 aromatic carbocycles. The molecule has 2 N–H and O–H groups in total. The van der Waals surface area contributed by atoms with Gasteiger partial charge in [-0.15, -0.1) is 0 Å². The molecule has 2 saturated carbocycles. The highest BCUT2D eigenvalue weighted by molar-refractivity contribution is 7.91. The van der Waals surface area contributed by atoms with E-state index < -0.39 is 20.7 Å². The monoisotopic (exact) mass is 261 g/mol. The van der Waals surface area contributed by atoms with E-state index in [2.05, 4.69) is 4.72 Å². The Morgan fingerprint density at radius 2 is 2.06 bits per heavy atom. The molecule has 2 aliphatic rings. The smallest absolute Gasteiger partial charge is 0.303 e. The van der Waals surface area contributed by atoms with Gasteiger partial charge in [-0.1, -0.05) is 0 Å². The Kier molecular flexibility index (Phi) is 3.20. The van der Waals surface area contributed by atoms with Gasteiger partial charge in [0.25, 0.3) is 0 Å². The Bertz CT molecular complexity index is 413. The number of hydrogen-bond acceptors (Lipinski definition) is 3. The average Bonchev–Trinajstić information content (AvgIpc) is 2.80. The minimum Gasteiger partial charge on any atom is -0.481 e. The summed E-state index contributed by atoms with van der Waals surface area (Å²) < 4.78 is 26.1. The molecule has 2 rings (SSSR count). The molecule has 2 atom stereocenters. The Hall–Kier alpha value is -0.620. The molecule has 6 heteroatoms. The topological polar surface area (TPSA) is 83.5 Å². The van der Waals surface area contributed by atoms with Gasteiger partial charge in [-0.25, -0.2) is 13.1 Å². The minimum atomic E-state index is -3.22. The van der Waals surface area contributed by atoms with E-state index in [9.17, 15) is 13.2 Å². The third-order valence-electron chi connectivity index (χ3n) is 3.93.